The number of carboxylic acids is 1. The zero-order chi connectivity index (χ0) is 18.5. The van der Waals surface area contributed by atoms with E-state index in [0.29, 0.717) is 10.4 Å². The van der Waals surface area contributed by atoms with E-state index in [1.54, 1.807) is 12.1 Å². The highest BCUT2D eigenvalue weighted by Gasteiger charge is 2.15. The molecule has 3 rings (SSSR count). The number of nitrogens with one attached hydrogen (secondary N) is 1. The number of carbonyl (C=O) groups is 2. The molecule has 1 heterocycles. The van der Waals surface area contributed by atoms with E-state index in [-0.39, 0.29) is 23.8 Å². The van der Waals surface area contributed by atoms with Crippen molar-refractivity contribution in [3.63, 3.8) is 0 Å². The molecule has 0 saturated carbocycles. The lowest BCUT2D eigenvalue weighted by molar-refractivity contribution is 0.0693. The van der Waals surface area contributed by atoms with Crippen LogP contribution in [0.5, 0.6) is 5.75 Å². The van der Waals surface area contributed by atoms with Gasteiger partial charge >= 0.3 is 5.97 Å². The number of hydrogen-bond donors (Lipinski definition) is 2. The summed E-state index contributed by atoms with van der Waals surface area (Å²) in [4.78, 5) is 24.5. The third-order valence-electron chi connectivity index (χ3n) is 3.90. The summed E-state index contributed by atoms with van der Waals surface area (Å²) in [6.07, 6.45) is 0. The minimum atomic E-state index is -1.07. The van der Waals surface area contributed by atoms with Crippen LogP contribution in [0.3, 0.4) is 0 Å². The monoisotopic (exact) mass is 367 g/mol. The molecule has 6 heteroatoms. The number of carboxylic acid groups (broad SMARTS) is 1. The number of amides is 1. The molecule has 26 heavy (non-hydrogen) atoms. The van der Waals surface area contributed by atoms with Gasteiger partial charge in [-0.2, -0.15) is 0 Å². The van der Waals surface area contributed by atoms with E-state index >= 15 is 0 Å². The van der Waals surface area contributed by atoms with Gasteiger partial charge in [-0.1, -0.05) is 36.4 Å². The van der Waals surface area contributed by atoms with Gasteiger partial charge in [0.05, 0.1) is 12.0 Å². The normalized spacial score (nSPS) is 10.3. The van der Waals surface area contributed by atoms with Crippen molar-refractivity contribution >= 4 is 23.2 Å². The Morgan fingerprint density at radius 3 is 2.58 bits per heavy atom. The molecule has 132 valence electrons. The quantitative estimate of drug-likeness (QED) is 0.689. The Labute approximate surface area is 154 Å². The van der Waals surface area contributed by atoms with Gasteiger partial charge in [-0.15, -0.1) is 11.3 Å². The molecule has 2 aromatic carbocycles. The van der Waals surface area contributed by atoms with Crippen LogP contribution in [0.1, 0.15) is 25.6 Å². The molecule has 2 N–H and O–H groups in total. The summed E-state index contributed by atoms with van der Waals surface area (Å²) in [5, 5.41) is 14.0. The van der Waals surface area contributed by atoms with Crippen LogP contribution >= 0.6 is 11.3 Å². The first kappa shape index (κ1) is 17.7. The largest absolute Gasteiger partial charge is 0.496 e. The highest BCUT2D eigenvalue weighted by molar-refractivity contribution is 7.12. The van der Waals surface area contributed by atoms with E-state index in [9.17, 15) is 14.7 Å². The van der Waals surface area contributed by atoms with Crippen LogP contribution in [0.4, 0.5) is 0 Å². The third-order valence-corrected chi connectivity index (χ3v) is 4.82. The molecule has 0 aliphatic carbocycles. The summed E-state index contributed by atoms with van der Waals surface area (Å²) >= 11 is 1.38. The number of methoxy groups -OCH3 is 1. The molecule has 0 spiro atoms. The van der Waals surface area contributed by atoms with Gasteiger partial charge in [0.1, 0.15) is 11.3 Å². The average molecular weight is 367 g/mol. The first-order chi connectivity index (χ1) is 12.6. The minimum Gasteiger partial charge on any atom is -0.496 e. The Bertz CT molecular complexity index is 934. The second-order valence-electron chi connectivity index (χ2n) is 5.55. The number of hydrogen-bond acceptors (Lipinski definition) is 4. The van der Waals surface area contributed by atoms with E-state index in [1.807, 2.05) is 41.8 Å². The third kappa shape index (κ3) is 3.75. The fourth-order valence-corrected chi connectivity index (χ4v) is 3.46. The van der Waals surface area contributed by atoms with Gasteiger partial charge in [-0.05, 0) is 34.7 Å². The molecule has 1 amide bonds. The molecule has 0 saturated heterocycles. The van der Waals surface area contributed by atoms with E-state index < -0.39 is 5.97 Å². The van der Waals surface area contributed by atoms with Gasteiger partial charge < -0.3 is 15.2 Å². The van der Waals surface area contributed by atoms with Crippen molar-refractivity contribution < 1.29 is 19.4 Å². The van der Waals surface area contributed by atoms with Crippen LogP contribution in [0.25, 0.3) is 11.1 Å². The molecular weight excluding hydrogens is 350 g/mol. The standard InChI is InChI=1S/C20H17NO4S/c1-25-17-8-7-13(11-16(17)20(23)24)12-21-19(22)18-15(9-10-26-18)14-5-3-2-4-6-14/h2-11H,12H2,1H3,(H,21,22)(H,23,24). The maximum absolute atomic E-state index is 12.6. The van der Waals surface area contributed by atoms with E-state index in [4.69, 9.17) is 4.74 Å². The summed E-state index contributed by atoms with van der Waals surface area (Å²) in [6.45, 7) is 0.231. The Morgan fingerprint density at radius 1 is 1.12 bits per heavy atom. The molecule has 0 unspecified atom stereocenters. The van der Waals surface area contributed by atoms with Crippen LogP contribution in [0.15, 0.2) is 60.0 Å². The Kier molecular flexibility index (Phi) is 5.34. The lowest BCUT2D eigenvalue weighted by Gasteiger charge is -2.09. The lowest BCUT2D eigenvalue weighted by Crippen LogP contribution is -2.22. The smallest absolute Gasteiger partial charge is 0.339 e. The zero-order valence-electron chi connectivity index (χ0n) is 14.1. The minimum absolute atomic E-state index is 0.0698. The Hall–Kier alpha value is -3.12. The van der Waals surface area contributed by atoms with Crippen molar-refractivity contribution in [1.29, 1.82) is 0 Å². The number of thiophene rings is 1. The molecule has 0 aliphatic heterocycles. The predicted octanol–water partition coefficient (Wildman–Crippen LogP) is 4.05. The summed E-state index contributed by atoms with van der Waals surface area (Å²) in [7, 11) is 1.42. The van der Waals surface area contributed by atoms with E-state index in [2.05, 4.69) is 5.32 Å². The summed E-state index contributed by atoms with van der Waals surface area (Å²) < 4.78 is 5.04. The van der Waals surface area contributed by atoms with Crippen LogP contribution in [0.2, 0.25) is 0 Å². The summed E-state index contributed by atoms with van der Waals surface area (Å²) in [6, 6.07) is 16.5. The second kappa shape index (κ2) is 7.84. The van der Waals surface area contributed by atoms with Crippen LogP contribution in [0, 0.1) is 0 Å². The molecule has 1 aromatic heterocycles. The predicted molar refractivity (Wildman–Crippen MR) is 101 cm³/mol. The first-order valence-electron chi connectivity index (χ1n) is 7.91. The summed E-state index contributed by atoms with van der Waals surface area (Å²) in [5.41, 5.74) is 2.63. The van der Waals surface area contributed by atoms with E-state index in [1.165, 1.54) is 24.5 Å². The fraction of sp³-hybridized carbons (Fsp3) is 0.100. The number of benzene rings is 2. The zero-order valence-corrected chi connectivity index (χ0v) is 14.9. The number of ether oxygens (including phenoxy) is 1. The lowest BCUT2D eigenvalue weighted by atomic mass is 10.1. The average Bonchev–Trinajstić information content (AvgIpc) is 3.16. The number of rotatable bonds is 6. The van der Waals surface area contributed by atoms with Crippen LogP contribution in [-0.2, 0) is 6.54 Å². The van der Waals surface area contributed by atoms with Gasteiger partial charge in [-0.3, -0.25) is 4.79 Å². The van der Waals surface area contributed by atoms with Gasteiger partial charge in [0.15, 0.2) is 0 Å². The number of carbonyl (C=O) groups excluding carboxylic acids is 1. The van der Waals surface area contributed by atoms with Gasteiger partial charge in [0, 0.05) is 12.1 Å². The molecule has 5 nitrogen and oxygen atoms in total. The van der Waals surface area contributed by atoms with Gasteiger partial charge in [-0.25, -0.2) is 4.79 Å². The van der Waals surface area contributed by atoms with Gasteiger partial charge in [0.25, 0.3) is 5.91 Å². The van der Waals surface area contributed by atoms with Gasteiger partial charge in [0.2, 0.25) is 0 Å². The Balaban J connectivity index is 1.76. The molecule has 0 fully saturated rings. The fourth-order valence-electron chi connectivity index (χ4n) is 2.62. The van der Waals surface area contributed by atoms with Crippen molar-refractivity contribution in [2.75, 3.05) is 7.11 Å². The maximum atomic E-state index is 12.6. The van der Waals surface area contributed by atoms with Crippen molar-refractivity contribution in [1.82, 2.24) is 5.32 Å². The number of aromatic carboxylic acids is 1. The molecule has 0 atom stereocenters. The molecule has 0 bridgehead atoms. The SMILES string of the molecule is COc1ccc(CNC(=O)c2sccc2-c2ccccc2)cc1C(=O)O. The van der Waals surface area contributed by atoms with Crippen molar-refractivity contribution in [2.45, 2.75) is 6.54 Å². The van der Waals surface area contributed by atoms with Crippen LogP contribution < -0.4 is 10.1 Å². The maximum Gasteiger partial charge on any atom is 0.339 e. The molecule has 0 radical (unpaired) electrons. The molecule has 0 aliphatic rings. The van der Waals surface area contributed by atoms with Crippen molar-refractivity contribution in [2.24, 2.45) is 0 Å². The molecule has 3 aromatic rings. The highest BCUT2D eigenvalue weighted by Crippen LogP contribution is 2.28. The van der Waals surface area contributed by atoms with Crippen molar-refractivity contribution in [3.05, 3.63) is 76.0 Å². The molecular formula is C20H17NO4S. The topological polar surface area (TPSA) is 75.6 Å². The first-order valence-corrected chi connectivity index (χ1v) is 8.79. The van der Waals surface area contributed by atoms with Crippen LogP contribution in [-0.4, -0.2) is 24.1 Å². The van der Waals surface area contributed by atoms with E-state index in [0.717, 1.165) is 11.1 Å². The Morgan fingerprint density at radius 2 is 1.88 bits per heavy atom. The van der Waals surface area contributed by atoms with Crippen molar-refractivity contribution in [3.8, 4) is 16.9 Å². The second-order valence-corrected chi connectivity index (χ2v) is 6.47. The highest BCUT2D eigenvalue weighted by atomic mass is 32.1. The summed E-state index contributed by atoms with van der Waals surface area (Å²) in [5.74, 6) is -0.969.